The van der Waals surface area contributed by atoms with Crippen molar-refractivity contribution in [3.8, 4) is 6.07 Å². The first-order valence-corrected chi connectivity index (χ1v) is 6.69. The molecule has 0 saturated heterocycles. The number of hydrogen-bond donors (Lipinski definition) is 2. The molecule has 1 fully saturated rings. The molecule has 1 aliphatic rings. The van der Waals surface area contributed by atoms with Gasteiger partial charge in [-0.1, -0.05) is 24.4 Å². The summed E-state index contributed by atoms with van der Waals surface area (Å²) in [5.41, 5.74) is 6.79. The van der Waals surface area contributed by atoms with E-state index in [0.717, 1.165) is 25.7 Å². The van der Waals surface area contributed by atoms with E-state index in [-0.39, 0.29) is 11.4 Å². The molecule has 0 spiro atoms. The summed E-state index contributed by atoms with van der Waals surface area (Å²) in [4.78, 5) is 11.9. The van der Waals surface area contributed by atoms with E-state index >= 15 is 0 Å². The number of nitriles is 1. The van der Waals surface area contributed by atoms with E-state index in [4.69, 9.17) is 22.6 Å². The Morgan fingerprint density at radius 2 is 2.16 bits per heavy atom. The number of nitrogens with one attached hydrogen (secondary N) is 1. The Morgan fingerprint density at radius 3 is 2.74 bits per heavy atom. The minimum absolute atomic E-state index is 0.106. The molecule has 1 aromatic rings. The lowest BCUT2D eigenvalue weighted by Gasteiger charge is -2.22. The third kappa shape index (κ3) is 3.46. The number of nitrogens with zero attached hydrogens (tertiary/aromatic N) is 1. The average molecular weight is 278 g/mol. The lowest BCUT2D eigenvalue weighted by atomic mass is 9.94. The molecule has 1 aromatic carbocycles. The van der Waals surface area contributed by atoms with Gasteiger partial charge in [0, 0.05) is 17.6 Å². The highest BCUT2D eigenvalue weighted by atomic mass is 35.5. The smallest absolute Gasteiger partial charge is 0.226 e. The summed E-state index contributed by atoms with van der Waals surface area (Å²) in [7, 11) is 0. The Morgan fingerprint density at radius 1 is 1.47 bits per heavy atom. The molecule has 0 atom stereocenters. The maximum Gasteiger partial charge on any atom is 0.226 e. The number of nitrogens with two attached hydrogens (primary N) is 1. The van der Waals surface area contributed by atoms with E-state index in [1.54, 1.807) is 18.2 Å². The van der Waals surface area contributed by atoms with Crippen molar-refractivity contribution < 1.29 is 4.79 Å². The standard InChI is InChI=1S/C14H16ClN3O/c15-12-7-11(4-3-10(12)9-16)18-13(19)8-14(17)5-1-2-6-14/h3-4,7H,1-2,5-6,8,17H2,(H,18,19). The van der Waals surface area contributed by atoms with E-state index in [9.17, 15) is 4.79 Å². The molecule has 0 aliphatic heterocycles. The van der Waals surface area contributed by atoms with Crippen molar-refractivity contribution in [2.24, 2.45) is 5.73 Å². The predicted molar refractivity (Wildman–Crippen MR) is 74.8 cm³/mol. The van der Waals surface area contributed by atoms with Crippen LogP contribution in [0.3, 0.4) is 0 Å². The van der Waals surface area contributed by atoms with Crippen LogP contribution in [0.2, 0.25) is 5.02 Å². The maximum atomic E-state index is 11.9. The molecule has 4 nitrogen and oxygen atoms in total. The lowest BCUT2D eigenvalue weighted by Crippen LogP contribution is -2.40. The van der Waals surface area contributed by atoms with Gasteiger partial charge in [0.15, 0.2) is 0 Å². The molecule has 100 valence electrons. The third-order valence-corrected chi connectivity index (χ3v) is 3.80. The number of hydrogen-bond acceptors (Lipinski definition) is 3. The van der Waals surface area contributed by atoms with E-state index in [1.807, 2.05) is 6.07 Å². The number of anilines is 1. The Balaban J connectivity index is 1.99. The van der Waals surface area contributed by atoms with Crippen LogP contribution in [0.25, 0.3) is 0 Å². The maximum absolute atomic E-state index is 11.9. The van der Waals surface area contributed by atoms with Crippen molar-refractivity contribution in [3.63, 3.8) is 0 Å². The lowest BCUT2D eigenvalue weighted by molar-refractivity contribution is -0.117. The van der Waals surface area contributed by atoms with Crippen LogP contribution < -0.4 is 11.1 Å². The molecule has 0 aromatic heterocycles. The van der Waals surface area contributed by atoms with Crippen molar-refractivity contribution in [2.75, 3.05) is 5.32 Å². The highest BCUT2D eigenvalue weighted by molar-refractivity contribution is 6.32. The van der Waals surface area contributed by atoms with Crippen LogP contribution in [0.15, 0.2) is 18.2 Å². The van der Waals surface area contributed by atoms with Crippen LogP contribution in [-0.2, 0) is 4.79 Å². The van der Waals surface area contributed by atoms with Gasteiger partial charge in [-0.3, -0.25) is 4.79 Å². The first kappa shape index (κ1) is 13.9. The van der Waals surface area contributed by atoms with E-state index in [0.29, 0.717) is 22.7 Å². The van der Waals surface area contributed by atoms with Gasteiger partial charge in [-0.05, 0) is 31.0 Å². The van der Waals surface area contributed by atoms with Crippen molar-refractivity contribution in [1.29, 1.82) is 5.26 Å². The highest BCUT2D eigenvalue weighted by Gasteiger charge is 2.31. The van der Waals surface area contributed by atoms with Crippen LogP contribution in [0.5, 0.6) is 0 Å². The minimum atomic E-state index is -0.361. The Bertz CT molecular complexity index is 530. The number of benzene rings is 1. The molecule has 0 radical (unpaired) electrons. The van der Waals surface area contributed by atoms with Crippen LogP contribution in [0.1, 0.15) is 37.7 Å². The number of amides is 1. The number of carbonyl (C=O) groups is 1. The molecule has 5 heteroatoms. The first-order chi connectivity index (χ1) is 9.02. The summed E-state index contributed by atoms with van der Waals surface area (Å²) in [6, 6.07) is 6.81. The monoisotopic (exact) mass is 277 g/mol. The van der Waals surface area contributed by atoms with Crippen LogP contribution in [0.4, 0.5) is 5.69 Å². The van der Waals surface area contributed by atoms with Crippen LogP contribution >= 0.6 is 11.6 Å². The van der Waals surface area contributed by atoms with Gasteiger partial charge in [-0.2, -0.15) is 5.26 Å². The second-order valence-electron chi connectivity index (χ2n) is 5.10. The zero-order valence-corrected chi connectivity index (χ0v) is 11.3. The number of rotatable bonds is 3. The zero-order valence-electron chi connectivity index (χ0n) is 10.6. The van der Waals surface area contributed by atoms with Crippen LogP contribution in [0, 0.1) is 11.3 Å². The summed E-state index contributed by atoms with van der Waals surface area (Å²) in [5, 5.41) is 11.9. The molecule has 19 heavy (non-hydrogen) atoms. The summed E-state index contributed by atoms with van der Waals surface area (Å²) in [6.07, 6.45) is 4.30. The molecular weight excluding hydrogens is 262 g/mol. The highest BCUT2D eigenvalue weighted by Crippen LogP contribution is 2.30. The quantitative estimate of drug-likeness (QED) is 0.892. The van der Waals surface area contributed by atoms with Gasteiger partial charge in [-0.25, -0.2) is 0 Å². The fraction of sp³-hybridized carbons (Fsp3) is 0.429. The number of carbonyl (C=O) groups excluding carboxylic acids is 1. The van der Waals surface area contributed by atoms with Crippen LogP contribution in [-0.4, -0.2) is 11.4 Å². The zero-order chi connectivity index (χ0) is 13.9. The van der Waals surface area contributed by atoms with Crippen molar-refractivity contribution >= 4 is 23.2 Å². The van der Waals surface area contributed by atoms with Gasteiger partial charge in [-0.15, -0.1) is 0 Å². The predicted octanol–water partition coefficient (Wildman–Crippen LogP) is 2.81. The van der Waals surface area contributed by atoms with Gasteiger partial charge in [0.1, 0.15) is 6.07 Å². The third-order valence-electron chi connectivity index (χ3n) is 3.49. The van der Waals surface area contributed by atoms with Crippen molar-refractivity contribution in [2.45, 2.75) is 37.6 Å². The molecule has 3 N–H and O–H groups in total. The fourth-order valence-corrected chi connectivity index (χ4v) is 2.69. The van der Waals surface area contributed by atoms with Crippen molar-refractivity contribution in [3.05, 3.63) is 28.8 Å². The topological polar surface area (TPSA) is 78.9 Å². The fourth-order valence-electron chi connectivity index (χ4n) is 2.46. The summed E-state index contributed by atoms with van der Waals surface area (Å²) in [5.74, 6) is -0.106. The first-order valence-electron chi connectivity index (χ1n) is 6.31. The Labute approximate surface area is 117 Å². The molecule has 2 rings (SSSR count). The second kappa shape index (κ2) is 5.60. The van der Waals surface area contributed by atoms with E-state index in [1.165, 1.54) is 0 Å². The molecule has 0 bridgehead atoms. The second-order valence-corrected chi connectivity index (χ2v) is 5.51. The summed E-state index contributed by atoms with van der Waals surface area (Å²) < 4.78 is 0. The van der Waals surface area contributed by atoms with E-state index < -0.39 is 0 Å². The SMILES string of the molecule is N#Cc1ccc(NC(=O)CC2(N)CCCC2)cc1Cl. The summed E-state index contributed by atoms with van der Waals surface area (Å²) >= 11 is 5.91. The minimum Gasteiger partial charge on any atom is -0.326 e. The van der Waals surface area contributed by atoms with Crippen molar-refractivity contribution in [1.82, 2.24) is 0 Å². The Kier molecular flexibility index (Phi) is 4.08. The number of halogens is 1. The van der Waals surface area contributed by atoms with Gasteiger partial charge >= 0.3 is 0 Å². The molecule has 0 heterocycles. The van der Waals surface area contributed by atoms with Gasteiger partial charge < -0.3 is 11.1 Å². The van der Waals surface area contributed by atoms with Gasteiger partial charge in [0.25, 0.3) is 0 Å². The molecule has 1 amide bonds. The van der Waals surface area contributed by atoms with E-state index in [2.05, 4.69) is 5.32 Å². The molecule has 1 aliphatic carbocycles. The normalized spacial score (nSPS) is 16.9. The average Bonchev–Trinajstić information content (AvgIpc) is 2.75. The molecule has 0 unspecified atom stereocenters. The largest absolute Gasteiger partial charge is 0.326 e. The van der Waals surface area contributed by atoms with Gasteiger partial charge in [0.2, 0.25) is 5.91 Å². The molecule has 1 saturated carbocycles. The van der Waals surface area contributed by atoms with Gasteiger partial charge in [0.05, 0.1) is 10.6 Å². The summed E-state index contributed by atoms with van der Waals surface area (Å²) in [6.45, 7) is 0. The molecular formula is C14H16ClN3O. The Hall–Kier alpha value is -1.57.